The van der Waals surface area contributed by atoms with E-state index in [0.717, 1.165) is 32.7 Å². The first-order valence-corrected chi connectivity index (χ1v) is 7.96. The minimum Gasteiger partial charge on any atom is -0.340 e. The maximum absolute atomic E-state index is 12.1. The monoisotopic (exact) mass is 267 g/mol. The van der Waals surface area contributed by atoms with E-state index in [4.69, 9.17) is 0 Å². The molecule has 1 aliphatic heterocycles. The third-order valence-corrected chi connectivity index (χ3v) is 4.60. The molecule has 0 unspecified atom stereocenters. The van der Waals surface area contributed by atoms with Gasteiger partial charge in [-0.15, -0.1) is 0 Å². The van der Waals surface area contributed by atoms with Crippen molar-refractivity contribution in [1.29, 1.82) is 0 Å². The molecule has 2 rings (SSSR count). The van der Waals surface area contributed by atoms with Gasteiger partial charge in [0.2, 0.25) is 5.91 Å². The topological polar surface area (TPSA) is 35.6 Å². The SMILES string of the molecule is CN(CCC(=O)N1CCNCC1)C1CCCCCC1. The summed E-state index contributed by atoms with van der Waals surface area (Å²) >= 11 is 0. The van der Waals surface area contributed by atoms with Crippen LogP contribution in [0.4, 0.5) is 0 Å². The predicted octanol–water partition coefficient (Wildman–Crippen LogP) is 1.46. The number of hydrogen-bond acceptors (Lipinski definition) is 3. The number of amides is 1. The second-order valence-corrected chi connectivity index (χ2v) is 6.01. The molecule has 1 saturated heterocycles. The molecule has 0 aromatic heterocycles. The minimum atomic E-state index is 0.335. The molecule has 1 amide bonds. The zero-order chi connectivity index (χ0) is 13.5. The first kappa shape index (κ1) is 14.8. The number of carbonyl (C=O) groups excluding carboxylic acids is 1. The van der Waals surface area contributed by atoms with E-state index in [1.54, 1.807) is 0 Å². The van der Waals surface area contributed by atoms with E-state index in [1.807, 2.05) is 4.90 Å². The zero-order valence-corrected chi connectivity index (χ0v) is 12.4. The van der Waals surface area contributed by atoms with Crippen LogP contribution >= 0.6 is 0 Å². The van der Waals surface area contributed by atoms with Gasteiger partial charge in [-0.1, -0.05) is 25.7 Å². The lowest BCUT2D eigenvalue weighted by atomic mass is 10.1. The number of piperazine rings is 1. The quantitative estimate of drug-likeness (QED) is 0.783. The van der Waals surface area contributed by atoms with Crippen LogP contribution in [0.5, 0.6) is 0 Å². The molecular weight excluding hydrogens is 238 g/mol. The summed E-state index contributed by atoms with van der Waals surface area (Å²) in [5, 5.41) is 3.29. The molecule has 2 aliphatic rings. The van der Waals surface area contributed by atoms with E-state index in [9.17, 15) is 4.79 Å². The van der Waals surface area contributed by atoms with Crippen LogP contribution in [0.25, 0.3) is 0 Å². The van der Waals surface area contributed by atoms with Gasteiger partial charge in [0, 0.05) is 45.2 Å². The number of nitrogens with one attached hydrogen (secondary N) is 1. The smallest absolute Gasteiger partial charge is 0.223 e. The van der Waals surface area contributed by atoms with Crippen molar-refractivity contribution < 1.29 is 4.79 Å². The van der Waals surface area contributed by atoms with Crippen LogP contribution in [-0.4, -0.2) is 61.5 Å². The molecular formula is C15H29N3O. The van der Waals surface area contributed by atoms with Crippen molar-refractivity contribution in [2.75, 3.05) is 39.8 Å². The standard InChI is InChI=1S/C15H29N3O/c1-17(14-6-4-2-3-5-7-14)11-8-15(19)18-12-9-16-10-13-18/h14,16H,2-13H2,1H3. The summed E-state index contributed by atoms with van der Waals surface area (Å²) in [6, 6.07) is 0.707. The third kappa shape index (κ3) is 4.77. The Morgan fingerprint density at radius 2 is 1.79 bits per heavy atom. The molecule has 0 bridgehead atoms. The third-order valence-electron chi connectivity index (χ3n) is 4.60. The zero-order valence-electron chi connectivity index (χ0n) is 12.4. The molecule has 0 aromatic rings. The van der Waals surface area contributed by atoms with Crippen LogP contribution in [0.1, 0.15) is 44.9 Å². The van der Waals surface area contributed by atoms with Gasteiger partial charge in [0.25, 0.3) is 0 Å². The van der Waals surface area contributed by atoms with E-state index in [2.05, 4.69) is 17.3 Å². The summed E-state index contributed by atoms with van der Waals surface area (Å²) in [6.45, 7) is 4.58. The molecule has 1 aliphatic carbocycles. The Morgan fingerprint density at radius 1 is 1.16 bits per heavy atom. The lowest BCUT2D eigenvalue weighted by Gasteiger charge is -2.30. The largest absolute Gasteiger partial charge is 0.340 e. The van der Waals surface area contributed by atoms with Crippen molar-refractivity contribution in [3.05, 3.63) is 0 Å². The fourth-order valence-electron chi connectivity index (χ4n) is 3.23. The van der Waals surface area contributed by atoms with Gasteiger partial charge in [0.05, 0.1) is 0 Å². The Hall–Kier alpha value is -0.610. The number of hydrogen-bond donors (Lipinski definition) is 1. The van der Waals surface area contributed by atoms with Gasteiger partial charge in [-0.05, 0) is 19.9 Å². The summed E-state index contributed by atoms with van der Waals surface area (Å²) in [5.41, 5.74) is 0. The molecule has 0 radical (unpaired) electrons. The molecule has 19 heavy (non-hydrogen) atoms. The van der Waals surface area contributed by atoms with E-state index in [-0.39, 0.29) is 0 Å². The second-order valence-electron chi connectivity index (χ2n) is 6.01. The Bertz CT molecular complexity index is 269. The highest BCUT2D eigenvalue weighted by atomic mass is 16.2. The average Bonchev–Trinajstić information content (AvgIpc) is 2.74. The summed E-state index contributed by atoms with van der Waals surface area (Å²) in [7, 11) is 2.20. The van der Waals surface area contributed by atoms with Crippen molar-refractivity contribution in [1.82, 2.24) is 15.1 Å². The molecule has 0 atom stereocenters. The first-order valence-electron chi connectivity index (χ1n) is 7.96. The van der Waals surface area contributed by atoms with E-state index < -0.39 is 0 Å². The number of nitrogens with zero attached hydrogens (tertiary/aromatic N) is 2. The number of carbonyl (C=O) groups is 1. The Balaban J connectivity index is 1.69. The average molecular weight is 267 g/mol. The summed E-state index contributed by atoms with van der Waals surface area (Å²) in [6.07, 6.45) is 8.83. The van der Waals surface area contributed by atoms with E-state index in [1.165, 1.54) is 38.5 Å². The Morgan fingerprint density at radius 3 is 2.42 bits per heavy atom. The van der Waals surface area contributed by atoms with Gasteiger partial charge in [-0.2, -0.15) is 0 Å². The van der Waals surface area contributed by atoms with E-state index >= 15 is 0 Å². The van der Waals surface area contributed by atoms with Gasteiger partial charge in [-0.25, -0.2) is 0 Å². The summed E-state index contributed by atoms with van der Waals surface area (Å²) < 4.78 is 0. The van der Waals surface area contributed by atoms with E-state index in [0.29, 0.717) is 18.4 Å². The van der Waals surface area contributed by atoms with Crippen LogP contribution in [0, 0.1) is 0 Å². The van der Waals surface area contributed by atoms with Crippen LogP contribution in [-0.2, 0) is 4.79 Å². The maximum Gasteiger partial charge on any atom is 0.223 e. The molecule has 2 fully saturated rings. The molecule has 4 heteroatoms. The van der Waals surface area contributed by atoms with Gasteiger partial charge in [0.15, 0.2) is 0 Å². The van der Waals surface area contributed by atoms with Crippen LogP contribution < -0.4 is 5.32 Å². The van der Waals surface area contributed by atoms with Crippen LogP contribution in [0.15, 0.2) is 0 Å². The lowest BCUT2D eigenvalue weighted by molar-refractivity contribution is -0.132. The van der Waals surface area contributed by atoms with Crippen LogP contribution in [0.2, 0.25) is 0 Å². The van der Waals surface area contributed by atoms with Gasteiger partial charge < -0.3 is 15.1 Å². The van der Waals surface area contributed by atoms with Crippen LogP contribution in [0.3, 0.4) is 0 Å². The molecule has 1 N–H and O–H groups in total. The summed E-state index contributed by atoms with van der Waals surface area (Å²) in [5.74, 6) is 0.335. The Labute approximate surface area is 117 Å². The normalized spacial score (nSPS) is 22.5. The maximum atomic E-state index is 12.1. The number of rotatable bonds is 4. The van der Waals surface area contributed by atoms with Gasteiger partial charge >= 0.3 is 0 Å². The van der Waals surface area contributed by atoms with Crippen molar-refractivity contribution >= 4 is 5.91 Å². The van der Waals surface area contributed by atoms with Gasteiger partial charge in [-0.3, -0.25) is 4.79 Å². The lowest BCUT2D eigenvalue weighted by Crippen LogP contribution is -2.47. The molecule has 4 nitrogen and oxygen atoms in total. The molecule has 110 valence electrons. The second kappa shape index (κ2) is 7.85. The molecule has 1 saturated carbocycles. The van der Waals surface area contributed by atoms with Crippen molar-refractivity contribution in [2.24, 2.45) is 0 Å². The van der Waals surface area contributed by atoms with Crippen molar-refractivity contribution in [3.8, 4) is 0 Å². The Kier molecular flexibility index (Phi) is 6.11. The predicted molar refractivity (Wildman–Crippen MR) is 78.2 cm³/mol. The molecule has 1 heterocycles. The highest BCUT2D eigenvalue weighted by molar-refractivity contribution is 5.76. The molecule has 0 spiro atoms. The first-order chi connectivity index (χ1) is 9.27. The minimum absolute atomic E-state index is 0.335. The highest BCUT2D eigenvalue weighted by Gasteiger charge is 2.20. The highest BCUT2D eigenvalue weighted by Crippen LogP contribution is 2.21. The molecule has 0 aromatic carbocycles. The fraction of sp³-hybridized carbons (Fsp3) is 0.933. The fourth-order valence-corrected chi connectivity index (χ4v) is 3.23. The van der Waals surface area contributed by atoms with Crippen molar-refractivity contribution in [3.63, 3.8) is 0 Å². The van der Waals surface area contributed by atoms with Gasteiger partial charge in [0.1, 0.15) is 0 Å². The summed E-state index contributed by atoms with van der Waals surface area (Å²) in [4.78, 5) is 16.6. The van der Waals surface area contributed by atoms with Crippen molar-refractivity contribution in [2.45, 2.75) is 51.0 Å².